The van der Waals surface area contributed by atoms with E-state index in [2.05, 4.69) is 10.2 Å². The van der Waals surface area contributed by atoms with Crippen LogP contribution in [0.15, 0.2) is 22.3 Å². The molecule has 1 rings (SSSR count). The maximum Gasteiger partial charge on any atom is 0.419 e. The van der Waals surface area contributed by atoms with Gasteiger partial charge in [-0.1, -0.05) is 0 Å². The molecule has 1 aromatic carbocycles. The van der Waals surface area contributed by atoms with Crippen LogP contribution in [0.3, 0.4) is 0 Å². The number of nitrogens with zero attached hydrogens (tertiary/aromatic N) is 2. The van der Waals surface area contributed by atoms with E-state index in [1.54, 1.807) is 0 Å². The molecule has 0 atom stereocenters. The molecule has 104 valence electrons. The highest BCUT2D eigenvalue weighted by Gasteiger charge is 2.35. The van der Waals surface area contributed by atoms with Crippen molar-refractivity contribution in [2.24, 2.45) is 21.7 Å². The van der Waals surface area contributed by atoms with Gasteiger partial charge in [0.05, 0.1) is 18.9 Å². The van der Waals surface area contributed by atoms with E-state index in [0.29, 0.717) is 5.56 Å². The number of hydrogen-bond donors (Lipinski definition) is 2. The summed E-state index contributed by atoms with van der Waals surface area (Å²) in [6.45, 7) is 1.51. The number of ether oxygens (including phenoxy) is 1. The third-order valence-electron chi connectivity index (χ3n) is 2.19. The summed E-state index contributed by atoms with van der Waals surface area (Å²) in [5, 5.41) is 6.78. The van der Waals surface area contributed by atoms with Gasteiger partial charge in [0.25, 0.3) is 0 Å². The number of halogens is 3. The first-order chi connectivity index (χ1) is 8.75. The molecule has 5 nitrogen and oxygen atoms in total. The van der Waals surface area contributed by atoms with Gasteiger partial charge in [0.15, 0.2) is 0 Å². The summed E-state index contributed by atoms with van der Waals surface area (Å²) in [5.41, 5.74) is 9.77. The molecule has 0 amide bonds. The van der Waals surface area contributed by atoms with E-state index < -0.39 is 11.7 Å². The maximum absolute atomic E-state index is 12.9. The van der Waals surface area contributed by atoms with Crippen LogP contribution >= 0.6 is 0 Å². The Balaban J connectivity index is 3.28. The molecule has 1 aromatic rings. The lowest BCUT2D eigenvalue weighted by Crippen LogP contribution is -2.21. The van der Waals surface area contributed by atoms with Crippen molar-refractivity contribution in [2.75, 3.05) is 7.11 Å². The van der Waals surface area contributed by atoms with Crippen molar-refractivity contribution in [1.82, 2.24) is 0 Å². The molecule has 19 heavy (non-hydrogen) atoms. The number of benzene rings is 1. The van der Waals surface area contributed by atoms with E-state index in [9.17, 15) is 13.2 Å². The zero-order valence-electron chi connectivity index (χ0n) is 10.3. The van der Waals surface area contributed by atoms with Crippen molar-refractivity contribution >= 4 is 12.2 Å². The van der Waals surface area contributed by atoms with Crippen molar-refractivity contribution in [1.29, 1.82) is 0 Å². The van der Waals surface area contributed by atoms with Gasteiger partial charge in [0, 0.05) is 0 Å². The summed E-state index contributed by atoms with van der Waals surface area (Å²) in [4.78, 5) is 0. The van der Waals surface area contributed by atoms with Gasteiger partial charge in [-0.15, -0.1) is 5.10 Å². The van der Waals surface area contributed by atoms with Crippen molar-refractivity contribution in [3.63, 3.8) is 0 Å². The minimum Gasteiger partial charge on any atom is -0.496 e. The van der Waals surface area contributed by atoms with E-state index >= 15 is 0 Å². The lowest BCUT2D eigenvalue weighted by Gasteiger charge is -2.14. The number of methoxy groups -OCH3 is 1. The summed E-state index contributed by atoms with van der Waals surface area (Å²) in [5.74, 6) is -0.496. The average Bonchev–Trinajstić information content (AvgIpc) is 2.26. The second-order valence-corrected chi connectivity index (χ2v) is 3.69. The highest BCUT2D eigenvalue weighted by molar-refractivity contribution is 5.82. The minimum absolute atomic E-state index is 0.216. The highest BCUT2D eigenvalue weighted by atomic mass is 19.4. The first-order valence-corrected chi connectivity index (χ1v) is 5.13. The molecule has 0 radical (unpaired) electrons. The molecule has 0 aliphatic rings. The van der Waals surface area contributed by atoms with Crippen molar-refractivity contribution in [3.8, 4) is 5.75 Å². The van der Waals surface area contributed by atoms with Crippen LogP contribution in [0.4, 0.5) is 13.2 Å². The molecule has 0 aromatic heterocycles. The SMILES string of the molecule is COc1c(C)cc(C=NN=C(N)N)cc1C(F)(F)F. The fourth-order valence-electron chi connectivity index (χ4n) is 1.52. The number of hydrogen-bond acceptors (Lipinski definition) is 3. The second-order valence-electron chi connectivity index (χ2n) is 3.69. The molecule has 0 saturated heterocycles. The van der Waals surface area contributed by atoms with Gasteiger partial charge in [-0.2, -0.15) is 18.3 Å². The number of nitrogens with two attached hydrogens (primary N) is 2. The van der Waals surface area contributed by atoms with Crippen LogP contribution in [0.25, 0.3) is 0 Å². The van der Waals surface area contributed by atoms with Crippen LogP contribution in [-0.2, 0) is 6.18 Å². The first-order valence-electron chi connectivity index (χ1n) is 5.13. The van der Waals surface area contributed by atoms with Gasteiger partial charge in [-0.3, -0.25) is 0 Å². The van der Waals surface area contributed by atoms with Crippen molar-refractivity contribution in [2.45, 2.75) is 13.1 Å². The fourth-order valence-corrected chi connectivity index (χ4v) is 1.52. The van der Waals surface area contributed by atoms with Crippen molar-refractivity contribution < 1.29 is 17.9 Å². The molecule has 0 aliphatic carbocycles. The normalized spacial score (nSPS) is 11.6. The van der Waals surface area contributed by atoms with Gasteiger partial charge < -0.3 is 16.2 Å². The van der Waals surface area contributed by atoms with Gasteiger partial charge in [0.1, 0.15) is 5.75 Å². The van der Waals surface area contributed by atoms with Crippen molar-refractivity contribution in [3.05, 3.63) is 28.8 Å². The standard InChI is InChI=1S/C11H13F3N4O/c1-6-3-7(5-17-18-10(15)16)4-8(9(6)19-2)11(12,13)14/h3-5H,1-2H3,(H4,15,16,18). The summed E-state index contributed by atoms with van der Waals surface area (Å²) >= 11 is 0. The number of alkyl halides is 3. The fraction of sp³-hybridized carbons (Fsp3) is 0.273. The van der Waals surface area contributed by atoms with E-state index in [1.807, 2.05) is 0 Å². The summed E-state index contributed by atoms with van der Waals surface area (Å²) < 4.78 is 43.3. The smallest absolute Gasteiger partial charge is 0.419 e. The summed E-state index contributed by atoms with van der Waals surface area (Å²) in [6, 6.07) is 2.40. The predicted molar refractivity (Wildman–Crippen MR) is 66.1 cm³/mol. The molecule has 8 heteroatoms. The third-order valence-corrected chi connectivity index (χ3v) is 2.19. The Bertz CT molecular complexity index is 519. The first kappa shape index (κ1) is 14.8. The zero-order chi connectivity index (χ0) is 14.6. The van der Waals surface area contributed by atoms with Crippen LogP contribution in [-0.4, -0.2) is 19.3 Å². The summed E-state index contributed by atoms with van der Waals surface area (Å²) in [6.07, 6.45) is -3.39. The lowest BCUT2D eigenvalue weighted by atomic mass is 10.0. The average molecular weight is 274 g/mol. The quantitative estimate of drug-likeness (QED) is 0.499. The largest absolute Gasteiger partial charge is 0.496 e. The van der Waals surface area contributed by atoms with Gasteiger partial charge in [0.2, 0.25) is 5.96 Å². The molecule has 0 unspecified atom stereocenters. The molecule has 0 saturated carbocycles. The number of guanidine groups is 1. The van der Waals surface area contributed by atoms with Crippen LogP contribution < -0.4 is 16.2 Å². The monoisotopic (exact) mass is 274 g/mol. The molecule has 0 heterocycles. The van der Waals surface area contributed by atoms with E-state index in [1.165, 1.54) is 20.1 Å². The third kappa shape index (κ3) is 3.87. The van der Waals surface area contributed by atoms with Crippen LogP contribution in [0.1, 0.15) is 16.7 Å². The number of rotatable bonds is 3. The Labute approximate surface area is 107 Å². The highest BCUT2D eigenvalue weighted by Crippen LogP contribution is 2.38. The molecule has 4 N–H and O–H groups in total. The topological polar surface area (TPSA) is 86.0 Å². The second kappa shape index (κ2) is 5.59. The van der Waals surface area contributed by atoms with Gasteiger partial charge in [-0.25, -0.2) is 0 Å². The Morgan fingerprint density at radius 1 is 1.32 bits per heavy atom. The Kier molecular flexibility index (Phi) is 4.36. The van der Waals surface area contributed by atoms with E-state index in [-0.39, 0.29) is 17.3 Å². The zero-order valence-corrected chi connectivity index (χ0v) is 10.3. The van der Waals surface area contributed by atoms with Crippen LogP contribution in [0, 0.1) is 6.92 Å². The van der Waals surface area contributed by atoms with Gasteiger partial charge in [-0.05, 0) is 30.2 Å². The molecule has 0 bridgehead atoms. The minimum atomic E-state index is -4.52. The molecular weight excluding hydrogens is 261 g/mol. The van der Waals surface area contributed by atoms with Crippen LogP contribution in [0.2, 0.25) is 0 Å². The predicted octanol–water partition coefficient (Wildman–Crippen LogP) is 1.63. The van der Waals surface area contributed by atoms with Crippen LogP contribution in [0.5, 0.6) is 5.75 Å². The Morgan fingerprint density at radius 3 is 2.42 bits per heavy atom. The maximum atomic E-state index is 12.9. The Hall–Kier alpha value is -2.25. The van der Waals surface area contributed by atoms with Gasteiger partial charge >= 0.3 is 6.18 Å². The van der Waals surface area contributed by atoms with E-state index in [4.69, 9.17) is 16.2 Å². The molecule has 0 aliphatic heterocycles. The lowest BCUT2D eigenvalue weighted by molar-refractivity contribution is -0.138. The molecular formula is C11H13F3N4O. The Morgan fingerprint density at radius 2 is 1.95 bits per heavy atom. The number of aryl methyl sites for hydroxylation is 1. The van der Waals surface area contributed by atoms with E-state index in [0.717, 1.165) is 12.3 Å². The molecule has 0 spiro atoms. The molecule has 0 fully saturated rings. The summed E-state index contributed by atoms with van der Waals surface area (Å²) in [7, 11) is 1.19.